The first-order valence-corrected chi connectivity index (χ1v) is 19.3. The van der Waals surface area contributed by atoms with Gasteiger partial charge in [0, 0.05) is 42.0 Å². The molecule has 0 saturated carbocycles. The molecule has 0 atom stereocenters. The lowest BCUT2D eigenvalue weighted by Crippen LogP contribution is -2.14. The Morgan fingerprint density at radius 3 is 1.70 bits per heavy atom. The number of nitrogens with zero attached hydrogens (tertiary/aromatic N) is 1. The first-order valence-electron chi connectivity index (χ1n) is 18.5. The minimum absolute atomic E-state index is 0.0904. The van der Waals surface area contributed by atoms with Crippen LogP contribution in [0.15, 0.2) is 164 Å². The van der Waals surface area contributed by atoms with Crippen LogP contribution in [0.25, 0.3) is 102 Å². The Labute approximate surface area is 311 Å². The van der Waals surface area contributed by atoms with E-state index in [-0.39, 0.29) is 5.41 Å². The van der Waals surface area contributed by atoms with Gasteiger partial charge in [-0.2, -0.15) is 0 Å². The van der Waals surface area contributed by atoms with Gasteiger partial charge in [-0.15, -0.1) is 11.3 Å². The van der Waals surface area contributed by atoms with Crippen LogP contribution < -0.4 is 0 Å². The second-order valence-corrected chi connectivity index (χ2v) is 16.4. The predicted molar refractivity (Wildman–Crippen MR) is 229 cm³/mol. The third-order valence-electron chi connectivity index (χ3n) is 12.2. The van der Waals surface area contributed by atoms with E-state index in [2.05, 4.69) is 182 Å². The molecule has 1 nitrogen and oxygen atoms in total. The highest BCUT2D eigenvalue weighted by atomic mass is 32.1. The summed E-state index contributed by atoms with van der Waals surface area (Å²) >= 11 is 1.87. The normalized spacial score (nSPS) is 13.6. The molecule has 1 aliphatic carbocycles. The molecule has 0 N–H and O–H groups in total. The molecule has 248 valence electrons. The highest BCUT2D eigenvalue weighted by Gasteiger charge is 2.36. The topological polar surface area (TPSA) is 4.93 Å². The highest BCUT2D eigenvalue weighted by molar-refractivity contribution is 7.25. The van der Waals surface area contributed by atoms with E-state index in [9.17, 15) is 0 Å². The van der Waals surface area contributed by atoms with Crippen LogP contribution in [0.1, 0.15) is 25.0 Å². The smallest absolute Gasteiger partial charge is 0.0547 e. The number of hydrogen-bond acceptors (Lipinski definition) is 1. The van der Waals surface area contributed by atoms with Crippen LogP contribution in [0.4, 0.5) is 0 Å². The van der Waals surface area contributed by atoms with Crippen molar-refractivity contribution < 1.29 is 0 Å². The maximum absolute atomic E-state index is 2.52. The van der Waals surface area contributed by atoms with Crippen molar-refractivity contribution in [3.8, 4) is 27.9 Å². The molecule has 9 aromatic carbocycles. The van der Waals surface area contributed by atoms with Gasteiger partial charge in [0.1, 0.15) is 0 Å². The first-order chi connectivity index (χ1) is 26.0. The van der Waals surface area contributed by atoms with Crippen molar-refractivity contribution in [1.29, 1.82) is 0 Å². The fourth-order valence-corrected chi connectivity index (χ4v) is 10.7. The Hall–Kier alpha value is -6.22. The van der Waals surface area contributed by atoms with Crippen molar-refractivity contribution in [2.75, 3.05) is 0 Å². The summed E-state index contributed by atoms with van der Waals surface area (Å²) in [6, 6.07) is 61.6. The number of rotatable bonds is 2. The van der Waals surface area contributed by atoms with Crippen LogP contribution in [0.5, 0.6) is 0 Å². The molecule has 11 aromatic rings. The van der Waals surface area contributed by atoms with Gasteiger partial charge in [-0.3, -0.25) is 0 Å². The van der Waals surface area contributed by atoms with E-state index < -0.39 is 0 Å². The first kappa shape index (κ1) is 29.4. The molecule has 53 heavy (non-hydrogen) atoms. The molecular formula is C51H33NS. The average molecular weight is 692 g/mol. The number of aromatic nitrogens is 1. The fraction of sp³-hybridized carbons (Fsp3) is 0.0588. The summed E-state index contributed by atoms with van der Waals surface area (Å²) in [6.45, 7) is 4.76. The Morgan fingerprint density at radius 1 is 0.377 bits per heavy atom. The molecule has 12 rings (SSSR count). The summed E-state index contributed by atoms with van der Waals surface area (Å²) in [5.41, 5.74) is 11.6. The molecule has 0 fully saturated rings. The Balaban J connectivity index is 1.14. The van der Waals surface area contributed by atoms with Gasteiger partial charge < -0.3 is 4.57 Å². The molecule has 1 aliphatic rings. The van der Waals surface area contributed by atoms with Crippen LogP contribution in [0, 0.1) is 0 Å². The van der Waals surface area contributed by atoms with E-state index in [0.29, 0.717) is 0 Å². The van der Waals surface area contributed by atoms with Crippen molar-refractivity contribution in [3.63, 3.8) is 0 Å². The van der Waals surface area contributed by atoms with E-state index in [0.717, 1.165) is 0 Å². The van der Waals surface area contributed by atoms with E-state index >= 15 is 0 Å². The number of thiophene rings is 1. The minimum Gasteiger partial charge on any atom is -0.309 e. The highest BCUT2D eigenvalue weighted by Crippen LogP contribution is 2.51. The zero-order chi connectivity index (χ0) is 35.0. The van der Waals surface area contributed by atoms with Gasteiger partial charge in [0.2, 0.25) is 0 Å². The quantitative estimate of drug-likeness (QED) is 0.159. The van der Waals surface area contributed by atoms with E-state index in [1.54, 1.807) is 0 Å². The molecule has 2 aromatic heterocycles. The van der Waals surface area contributed by atoms with Crippen LogP contribution in [-0.2, 0) is 5.41 Å². The molecule has 0 saturated heterocycles. The van der Waals surface area contributed by atoms with Crippen molar-refractivity contribution >= 4 is 85.6 Å². The average Bonchev–Trinajstić information content (AvgIpc) is 3.81. The fourth-order valence-electron chi connectivity index (χ4n) is 9.59. The Kier molecular flexibility index (Phi) is 5.78. The summed E-state index contributed by atoms with van der Waals surface area (Å²) in [7, 11) is 0. The van der Waals surface area contributed by atoms with E-state index in [1.165, 1.54) is 113 Å². The van der Waals surface area contributed by atoms with Gasteiger partial charge in [-0.1, -0.05) is 123 Å². The molecule has 0 bridgehead atoms. The number of hydrogen-bond donors (Lipinski definition) is 0. The zero-order valence-electron chi connectivity index (χ0n) is 29.4. The van der Waals surface area contributed by atoms with Crippen molar-refractivity contribution in [1.82, 2.24) is 4.57 Å². The van der Waals surface area contributed by atoms with Crippen LogP contribution in [0.3, 0.4) is 0 Å². The second-order valence-electron chi connectivity index (χ2n) is 15.3. The van der Waals surface area contributed by atoms with Gasteiger partial charge >= 0.3 is 0 Å². The van der Waals surface area contributed by atoms with E-state index in [4.69, 9.17) is 0 Å². The lowest BCUT2D eigenvalue weighted by molar-refractivity contribution is 0.661. The number of benzene rings is 9. The summed E-state index contributed by atoms with van der Waals surface area (Å²) < 4.78 is 5.20. The Bertz CT molecular complexity index is 3350. The summed E-state index contributed by atoms with van der Waals surface area (Å²) in [5, 5.41) is 13.1. The van der Waals surface area contributed by atoms with Crippen LogP contribution in [-0.4, -0.2) is 4.57 Å². The zero-order valence-corrected chi connectivity index (χ0v) is 30.3. The third-order valence-corrected chi connectivity index (χ3v) is 13.3. The molecule has 0 amide bonds. The molecule has 0 aliphatic heterocycles. The SMILES string of the molecule is CC1(C)c2ccccc2-c2cc3c4cc5c6ccccc6c6ccccc6c5cc4n(-c4ccc(-c5ccc6sc7ccccc7c6c5)cc4)c3cc21. The largest absolute Gasteiger partial charge is 0.309 e. The van der Waals surface area contributed by atoms with Crippen molar-refractivity contribution in [2.45, 2.75) is 19.3 Å². The van der Waals surface area contributed by atoms with Crippen molar-refractivity contribution in [3.05, 3.63) is 175 Å². The standard InChI is InChI=1S/C51H33NS/c1-51(2)45-17-9-7-15-37(45)41-27-43-42-26-39-35-13-5-3-11-33(35)34-12-4-6-14-36(34)40(39)28-47(42)52(48(43)29-46(41)51)32-22-19-30(20-23-32)31-21-24-50-44(25-31)38-16-8-10-18-49(38)53-50/h3-29H,1-2H3. The van der Waals surface area contributed by atoms with Gasteiger partial charge in [-0.25, -0.2) is 0 Å². The van der Waals surface area contributed by atoms with E-state index in [1.807, 2.05) is 11.3 Å². The summed E-state index contributed by atoms with van der Waals surface area (Å²) in [4.78, 5) is 0. The molecular weight excluding hydrogens is 659 g/mol. The predicted octanol–water partition coefficient (Wildman–Crippen LogP) is 14.6. The lowest BCUT2D eigenvalue weighted by atomic mass is 9.82. The summed E-state index contributed by atoms with van der Waals surface area (Å²) in [6.07, 6.45) is 0. The Morgan fingerprint density at radius 2 is 0.943 bits per heavy atom. The number of fused-ring (bicyclic) bond motifs is 15. The minimum atomic E-state index is -0.0904. The van der Waals surface area contributed by atoms with Gasteiger partial charge in [0.15, 0.2) is 0 Å². The lowest BCUT2D eigenvalue weighted by Gasteiger charge is -2.21. The van der Waals surface area contributed by atoms with Crippen LogP contribution >= 0.6 is 11.3 Å². The molecule has 0 spiro atoms. The molecule has 0 unspecified atom stereocenters. The second kappa shape index (κ2) is 10.4. The van der Waals surface area contributed by atoms with Gasteiger partial charge in [0.25, 0.3) is 0 Å². The maximum atomic E-state index is 2.52. The van der Waals surface area contributed by atoms with Gasteiger partial charge in [-0.05, 0) is 120 Å². The van der Waals surface area contributed by atoms with Crippen molar-refractivity contribution in [2.24, 2.45) is 0 Å². The maximum Gasteiger partial charge on any atom is 0.0547 e. The molecule has 2 heterocycles. The summed E-state index contributed by atoms with van der Waals surface area (Å²) in [5.74, 6) is 0. The molecule has 0 radical (unpaired) electrons. The monoisotopic (exact) mass is 691 g/mol. The molecule has 2 heteroatoms. The van der Waals surface area contributed by atoms with Crippen LogP contribution in [0.2, 0.25) is 0 Å². The van der Waals surface area contributed by atoms with Gasteiger partial charge in [0.05, 0.1) is 11.0 Å². The third kappa shape index (κ3) is 3.96.